The molecule has 1 N–H and O–H groups in total. The van der Waals surface area contributed by atoms with Gasteiger partial charge in [0, 0.05) is 13.1 Å². The van der Waals surface area contributed by atoms with Gasteiger partial charge in [0.25, 0.3) is 10.0 Å². The molecule has 0 heterocycles. The van der Waals surface area contributed by atoms with Crippen LogP contribution >= 0.6 is 0 Å². The Bertz CT molecular complexity index is 1250. The second kappa shape index (κ2) is 12.3. The molecular weight excluding hydrogens is 481 g/mol. The van der Waals surface area contributed by atoms with Gasteiger partial charge in [0.1, 0.15) is 18.4 Å². The summed E-state index contributed by atoms with van der Waals surface area (Å²) in [5.74, 6) is -1.42. The number of anilines is 1. The van der Waals surface area contributed by atoms with Crippen LogP contribution in [-0.2, 0) is 26.2 Å². The number of benzene rings is 3. The van der Waals surface area contributed by atoms with Gasteiger partial charge in [-0.3, -0.25) is 13.9 Å². The molecule has 0 aromatic heterocycles. The lowest BCUT2D eigenvalue weighted by Crippen LogP contribution is -2.52. The first-order valence-corrected chi connectivity index (χ1v) is 13.2. The van der Waals surface area contributed by atoms with Crippen LogP contribution in [0.5, 0.6) is 0 Å². The maximum absolute atomic E-state index is 13.8. The lowest BCUT2D eigenvalue weighted by Gasteiger charge is -2.33. The van der Waals surface area contributed by atoms with Crippen LogP contribution in [0.1, 0.15) is 25.8 Å². The minimum absolute atomic E-state index is 0.133. The van der Waals surface area contributed by atoms with Gasteiger partial charge in [0.15, 0.2) is 0 Å². The van der Waals surface area contributed by atoms with E-state index in [0.717, 1.165) is 34.1 Å². The van der Waals surface area contributed by atoms with Crippen molar-refractivity contribution in [3.05, 3.63) is 96.3 Å². The van der Waals surface area contributed by atoms with Gasteiger partial charge in [-0.2, -0.15) is 0 Å². The minimum atomic E-state index is -4.22. The molecule has 36 heavy (non-hydrogen) atoms. The molecule has 190 valence electrons. The number of nitrogens with zero attached hydrogens (tertiary/aromatic N) is 2. The topological polar surface area (TPSA) is 86.8 Å². The Morgan fingerprint density at radius 1 is 0.889 bits per heavy atom. The van der Waals surface area contributed by atoms with Gasteiger partial charge in [0.05, 0.1) is 10.6 Å². The second-order valence-electron chi connectivity index (χ2n) is 8.13. The third-order valence-electron chi connectivity index (χ3n) is 5.66. The zero-order chi connectivity index (χ0) is 26.1. The third-order valence-corrected chi connectivity index (χ3v) is 7.45. The smallest absolute Gasteiger partial charge is 0.264 e. The molecule has 3 rings (SSSR count). The Morgan fingerprint density at radius 2 is 1.47 bits per heavy atom. The van der Waals surface area contributed by atoms with E-state index in [1.807, 2.05) is 30.3 Å². The molecule has 0 aliphatic heterocycles. The van der Waals surface area contributed by atoms with Crippen molar-refractivity contribution in [2.24, 2.45) is 0 Å². The molecule has 0 saturated carbocycles. The van der Waals surface area contributed by atoms with Gasteiger partial charge in [-0.25, -0.2) is 12.8 Å². The Balaban J connectivity index is 2.02. The summed E-state index contributed by atoms with van der Waals surface area (Å²) in [5, 5.41) is 2.76. The standard InChI is InChI=1S/C27H30FN3O4S/c1-3-25(27(33)29-4-2)30(19-21-11-7-5-8-12-21)26(32)20-31(23-13-9-6-10-14-23)36(34,35)24-17-15-22(28)16-18-24/h5-18,25H,3-4,19-20H2,1-2H3,(H,29,33)/t25-/m1/s1. The predicted octanol–water partition coefficient (Wildman–Crippen LogP) is 3.96. The molecule has 0 aliphatic rings. The highest BCUT2D eigenvalue weighted by molar-refractivity contribution is 7.92. The summed E-state index contributed by atoms with van der Waals surface area (Å²) in [5.41, 5.74) is 1.09. The van der Waals surface area contributed by atoms with E-state index in [4.69, 9.17) is 0 Å². The number of rotatable bonds is 11. The van der Waals surface area contributed by atoms with Gasteiger partial charge in [-0.1, -0.05) is 55.5 Å². The number of halogens is 1. The normalized spacial score (nSPS) is 12.0. The Kier molecular flexibility index (Phi) is 9.19. The van der Waals surface area contributed by atoms with E-state index in [1.165, 1.54) is 4.90 Å². The number of para-hydroxylation sites is 1. The summed E-state index contributed by atoms with van der Waals surface area (Å²) in [6.07, 6.45) is 0.348. The fraction of sp³-hybridized carbons (Fsp3) is 0.259. The summed E-state index contributed by atoms with van der Waals surface area (Å²) in [4.78, 5) is 27.9. The van der Waals surface area contributed by atoms with E-state index in [9.17, 15) is 22.4 Å². The average Bonchev–Trinajstić information content (AvgIpc) is 2.88. The minimum Gasteiger partial charge on any atom is -0.355 e. The van der Waals surface area contributed by atoms with Crippen LogP contribution in [0.3, 0.4) is 0 Å². The maximum atomic E-state index is 13.8. The van der Waals surface area contributed by atoms with E-state index in [-0.39, 0.29) is 23.0 Å². The molecule has 0 unspecified atom stereocenters. The largest absolute Gasteiger partial charge is 0.355 e. The average molecular weight is 512 g/mol. The predicted molar refractivity (Wildman–Crippen MR) is 137 cm³/mol. The highest BCUT2D eigenvalue weighted by atomic mass is 32.2. The Labute approximate surface area is 211 Å². The highest BCUT2D eigenvalue weighted by Crippen LogP contribution is 2.25. The molecule has 0 radical (unpaired) electrons. The lowest BCUT2D eigenvalue weighted by molar-refractivity contribution is -0.140. The molecule has 0 spiro atoms. The van der Waals surface area contributed by atoms with Crippen molar-refractivity contribution in [1.29, 1.82) is 0 Å². The number of nitrogens with one attached hydrogen (secondary N) is 1. The van der Waals surface area contributed by atoms with Crippen molar-refractivity contribution >= 4 is 27.5 Å². The van der Waals surface area contributed by atoms with Gasteiger partial charge in [-0.15, -0.1) is 0 Å². The fourth-order valence-corrected chi connectivity index (χ4v) is 5.26. The van der Waals surface area contributed by atoms with Gasteiger partial charge >= 0.3 is 0 Å². The van der Waals surface area contributed by atoms with Crippen LogP contribution in [0, 0.1) is 5.82 Å². The van der Waals surface area contributed by atoms with Crippen molar-refractivity contribution in [2.45, 2.75) is 37.8 Å². The summed E-state index contributed by atoms with van der Waals surface area (Å²) < 4.78 is 41.7. The molecule has 3 aromatic carbocycles. The lowest BCUT2D eigenvalue weighted by atomic mass is 10.1. The van der Waals surface area contributed by atoms with Crippen LogP contribution in [0.25, 0.3) is 0 Å². The van der Waals surface area contributed by atoms with Crippen LogP contribution < -0.4 is 9.62 Å². The summed E-state index contributed by atoms with van der Waals surface area (Å²) >= 11 is 0. The number of amides is 2. The Morgan fingerprint density at radius 3 is 2.03 bits per heavy atom. The zero-order valence-electron chi connectivity index (χ0n) is 20.3. The molecule has 0 saturated heterocycles. The zero-order valence-corrected chi connectivity index (χ0v) is 21.1. The van der Waals surface area contributed by atoms with Crippen LogP contribution in [0.2, 0.25) is 0 Å². The van der Waals surface area contributed by atoms with E-state index in [2.05, 4.69) is 5.32 Å². The summed E-state index contributed by atoms with van der Waals surface area (Å²) in [6.45, 7) is 3.59. The molecule has 9 heteroatoms. The molecule has 0 fully saturated rings. The van der Waals surface area contributed by atoms with Crippen LogP contribution in [-0.4, -0.2) is 44.3 Å². The first kappa shape index (κ1) is 26.9. The first-order valence-electron chi connectivity index (χ1n) is 11.7. The van der Waals surface area contributed by atoms with E-state index in [0.29, 0.717) is 13.0 Å². The summed E-state index contributed by atoms with van der Waals surface area (Å²) in [7, 11) is -4.22. The van der Waals surface area contributed by atoms with Gasteiger partial charge in [-0.05, 0) is 55.3 Å². The number of likely N-dealkylation sites (N-methyl/N-ethyl adjacent to an activating group) is 1. The van der Waals surface area contributed by atoms with Gasteiger partial charge < -0.3 is 10.2 Å². The Hall–Kier alpha value is -3.72. The quantitative estimate of drug-likeness (QED) is 0.422. The third kappa shape index (κ3) is 6.48. The fourth-order valence-electron chi connectivity index (χ4n) is 3.85. The van der Waals surface area contributed by atoms with Gasteiger partial charge in [0.2, 0.25) is 11.8 Å². The van der Waals surface area contributed by atoms with Crippen LogP contribution in [0.4, 0.5) is 10.1 Å². The first-order chi connectivity index (χ1) is 17.3. The van der Waals surface area contributed by atoms with Crippen molar-refractivity contribution in [3.8, 4) is 0 Å². The molecule has 2 amide bonds. The monoisotopic (exact) mass is 511 g/mol. The SMILES string of the molecule is CCNC(=O)[C@@H](CC)N(Cc1ccccc1)C(=O)CN(c1ccccc1)S(=O)(=O)c1ccc(F)cc1. The number of carbonyl (C=O) groups excluding carboxylic acids is 2. The molecule has 7 nitrogen and oxygen atoms in total. The maximum Gasteiger partial charge on any atom is 0.264 e. The molecule has 0 aliphatic carbocycles. The van der Waals surface area contributed by atoms with E-state index in [1.54, 1.807) is 44.2 Å². The van der Waals surface area contributed by atoms with Crippen molar-refractivity contribution < 1.29 is 22.4 Å². The molecule has 1 atom stereocenters. The molecule has 0 bridgehead atoms. The van der Waals surface area contributed by atoms with Crippen molar-refractivity contribution in [1.82, 2.24) is 10.2 Å². The van der Waals surface area contributed by atoms with E-state index >= 15 is 0 Å². The second-order valence-corrected chi connectivity index (χ2v) is 9.99. The number of carbonyl (C=O) groups is 2. The number of hydrogen-bond acceptors (Lipinski definition) is 4. The molecule has 3 aromatic rings. The number of hydrogen-bond donors (Lipinski definition) is 1. The van der Waals surface area contributed by atoms with E-state index < -0.39 is 34.3 Å². The van der Waals surface area contributed by atoms with Crippen LogP contribution in [0.15, 0.2) is 89.8 Å². The van der Waals surface area contributed by atoms with Crippen molar-refractivity contribution in [3.63, 3.8) is 0 Å². The highest BCUT2D eigenvalue weighted by Gasteiger charge is 2.33. The van der Waals surface area contributed by atoms with Crippen molar-refractivity contribution in [2.75, 3.05) is 17.4 Å². The molecular formula is C27H30FN3O4S. The summed E-state index contributed by atoms with van der Waals surface area (Å²) in [6, 6.07) is 21.1. The number of sulfonamides is 1.